The Morgan fingerprint density at radius 1 is 0.265 bits per heavy atom. The number of unbranched alkanes of at least 4 members (excludes halogenated alkanes) is 52. The van der Waals surface area contributed by atoms with Crippen molar-refractivity contribution in [3.05, 3.63) is 0 Å². The molecule has 0 heterocycles. The maximum atomic E-state index is 13.1. The molecule has 0 aliphatic carbocycles. The summed E-state index contributed by atoms with van der Waals surface area (Å²) < 4.78 is 68.8. The highest BCUT2D eigenvalue weighted by Crippen LogP contribution is 2.45. The highest BCUT2D eigenvalue weighted by molar-refractivity contribution is 7.47. The predicted molar refractivity (Wildman–Crippen MR) is 418 cm³/mol. The number of aliphatic hydroxyl groups excluding tert-OH is 1. The molecule has 0 saturated heterocycles. The normalized spacial score (nSPS) is 13.9. The van der Waals surface area contributed by atoms with E-state index in [-0.39, 0.29) is 25.7 Å². The second-order valence-electron chi connectivity index (χ2n) is 30.8. The van der Waals surface area contributed by atoms with Gasteiger partial charge in [-0.1, -0.05) is 388 Å². The fraction of sp³-hybridized carbons (Fsp3) is 0.952. The van der Waals surface area contributed by atoms with Crippen LogP contribution in [-0.4, -0.2) is 96.7 Å². The number of esters is 4. The van der Waals surface area contributed by atoms with Gasteiger partial charge in [-0.25, -0.2) is 9.13 Å². The molecule has 0 amide bonds. The van der Waals surface area contributed by atoms with Crippen LogP contribution in [0.1, 0.15) is 440 Å². The number of phosphoric acid groups is 2. The number of phosphoric ester groups is 2. The van der Waals surface area contributed by atoms with E-state index in [9.17, 15) is 43.2 Å². The van der Waals surface area contributed by atoms with Crippen molar-refractivity contribution in [3.63, 3.8) is 0 Å². The molecule has 0 saturated carbocycles. The van der Waals surface area contributed by atoms with E-state index in [0.717, 1.165) is 102 Å². The van der Waals surface area contributed by atoms with Crippen molar-refractivity contribution in [2.45, 2.75) is 458 Å². The Kier molecular flexibility index (Phi) is 73.1. The summed E-state index contributed by atoms with van der Waals surface area (Å²) in [6.07, 6.45) is 65.2. The van der Waals surface area contributed by atoms with E-state index >= 15 is 0 Å². The van der Waals surface area contributed by atoms with Gasteiger partial charge in [0.2, 0.25) is 0 Å². The van der Waals surface area contributed by atoms with Gasteiger partial charge in [0.15, 0.2) is 12.2 Å². The fourth-order valence-electron chi connectivity index (χ4n) is 12.9. The van der Waals surface area contributed by atoms with Crippen LogP contribution in [0.5, 0.6) is 0 Å². The Morgan fingerprint density at radius 3 is 0.667 bits per heavy atom. The smallest absolute Gasteiger partial charge is 0.462 e. The molecule has 0 spiro atoms. The third-order valence-electron chi connectivity index (χ3n) is 19.5. The van der Waals surface area contributed by atoms with Gasteiger partial charge in [-0.2, -0.15) is 0 Å². The van der Waals surface area contributed by atoms with Crippen LogP contribution in [0.2, 0.25) is 0 Å². The molecule has 0 aromatic carbocycles. The number of rotatable bonds is 82. The molecule has 606 valence electrons. The van der Waals surface area contributed by atoms with Gasteiger partial charge < -0.3 is 33.8 Å². The lowest BCUT2D eigenvalue weighted by Crippen LogP contribution is -2.30. The van der Waals surface area contributed by atoms with Gasteiger partial charge in [0, 0.05) is 25.7 Å². The lowest BCUT2D eigenvalue weighted by molar-refractivity contribution is -0.161. The predicted octanol–water partition coefficient (Wildman–Crippen LogP) is 25.1. The highest BCUT2D eigenvalue weighted by atomic mass is 31.2. The number of carbonyl (C=O) groups excluding carboxylic acids is 4. The molecular weight excluding hydrogens is 1330 g/mol. The molecule has 0 fully saturated rings. The van der Waals surface area contributed by atoms with Gasteiger partial charge in [-0.15, -0.1) is 0 Å². The molecule has 0 aliphatic rings. The van der Waals surface area contributed by atoms with E-state index in [2.05, 4.69) is 41.5 Å². The van der Waals surface area contributed by atoms with Crippen molar-refractivity contribution < 1.29 is 80.2 Å². The largest absolute Gasteiger partial charge is 0.472 e. The molecule has 102 heavy (non-hydrogen) atoms. The van der Waals surface area contributed by atoms with Crippen LogP contribution in [0.3, 0.4) is 0 Å². The quantitative estimate of drug-likeness (QED) is 0.0222. The summed E-state index contributed by atoms with van der Waals surface area (Å²) in [6.45, 7) is 9.68. The third kappa shape index (κ3) is 76.3. The van der Waals surface area contributed by atoms with Crippen LogP contribution in [0.25, 0.3) is 0 Å². The molecule has 5 atom stereocenters. The molecule has 0 aliphatic heterocycles. The Labute approximate surface area is 626 Å². The lowest BCUT2D eigenvalue weighted by Gasteiger charge is -2.21. The van der Waals surface area contributed by atoms with Crippen LogP contribution < -0.4 is 0 Å². The van der Waals surface area contributed by atoms with E-state index in [1.54, 1.807) is 0 Å². The minimum absolute atomic E-state index is 0.108. The molecule has 0 radical (unpaired) electrons. The average molecular weight is 1490 g/mol. The van der Waals surface area contributed by atoms with Gasteiger partial charge in [-0.05, 0) is 37.5 Å². The van der Waals surface area contributed by atoms with Crippen molar-refractivity contribution in [1.29, 1.82) is 0 Å². The molecule has 0 bridgehead atoms. The van der Waals surface area contributed by atoms with Gasteiger partial charge >= 0.3 is 39.5 Å². The van der Waals surface area contributed by atoms with Crippen LogP contribution in [0.4, 0.5) is 0 Å². The van der Waals surface area contributed by atoms with Gasteiger partial charge in [0.05, 0.1) is 26.4 Å². The van der Waals surface area contributed by atoms with E-state index < -0.39 is 97.5 Å². The summed E-state index contributed by atoms with van der Waals surface area (Å²) in [5.41, 5.74) is 0. The van der Waals surface area contributed by atoms with E-state index in [1.807, 2.05) is 0 Å². The standard InChI is InChI=1S/C83H162O17P2/c1-7-9-11-13-15-17-19-20-21-22-23-24-25-26-31-37-43-49-55-61-67-82(87)100-79(72-94-81(86)66-60-54-48-42-36-32-27-29-34-39-45-51-57-63-75(3)4)74-98-102(91,92)96-70-77(84)69-95-101(89,90)97-73-78(71-93-80(85)65-59-53-47-41-18-16-14-12-10-8-2)99-83(88)68-62-56-50-44-38-33-28-30-35-40-46-52-58-64-76(5)6/h75-79,84H,7-74H2,1-6H3,(H,89,90)(H,91,92)/t77-,78+,79+/m0/s1. The van der Waals surface area contributed by atoms with Crippen LogP contribution in [0.15, 0.2) is 0 Å². The van der Waals surface area contributed by atoms with Crippen molar-refractivity contribution in [1.82, 2.24) is 0 Å². The summed E-state index contributed by atoms with van der Waals surface area (Å²) in [5, 5.41) is 10.7. The average Bonchev–Trinajstić information content (AvgIpc) is 0.911. The maximum Gasteiger partial charge on any atom is 0.472 e. The first-order chi connectivity index (χ1) is 49.4. The van der Waals surface area contributed by atoms with Crippen molar-refractivity contribution >= 4 is 39.5 Å². The summed E-state index contributed by atoms with van der Waals surface area (Å²) in [6, 6.07) is 0. The highest BCUT2D eigenvalue weighted by Gasteiger charge is 2.30. The fourth-order valence-corrected chi connectivity index (χ4v) is 14.5. The lowest BCUT2D eigenvalue weighted by atomic mass is 10.0. The molecule has 19 heteroatoms. The number of carbonyl (C=O) groups is 4. The Bertz CT molecular complexity index is 1960. The van der Waals surface area contributed by atoms with E-state index in [4.69, 9.17) is 37.0 Å². The zero-order valence-corrected chi connectivity index (χ0v) is 68.7. The van der Waals surface area contributed by atoms with E-state index in [1.165, 1.54) is 257 Å². The SMILES string of the molecule is CCCCCCCCCCCCCCCCCCCCCCC(=O)O[C@H](COC(=O)CCCCCCCCCCCCCCCC(C)C)COP(=O)(O)OC[C@@H](O)COP(=O)(O)OC[C@@H](COC(=O)CCCCCCCCCCCC)OC(=O)CCCCCCCCCCCCCCCC(C)C. The third-order valence-corrected chi connectivity index (χ3v) is 21.4. The Morgan fingerprint density at radius 2 is 0.451 bits per heavy atom. The minimum Gasteiger partial charge on any atom is -0.462 e. The second kappa shape index (κ2) is 74.5. The zero-order valence-electron chi connectivity index (χ0n) is 66.9. The maximum absolute atomic E-state index is 13.1. The number of aliphatic hydroxyl groups is 1. The van der Waals surface area contributed by atoms with Crippen molar-refractivity contribution in [2.75, 3.05) is 39.6 Å². The first-order valence-corrected chi connectivity index (χ1v) is 46.0. The summed E-state index contributed by atoms with van der Waals surface area (Å²) >= 11 is 0. The molecule has 3 N–H and O–H groups in total. The molecular formula is C83H162O17P2. The van der Waals surface area contributed by atoms with Crippen molar-refractivity contribution in [3.8, 4) is 0 Å². The first-order valence-electron chi connectivity index (χ1n) is 43.0. The summed E-state index contributed by atoms with van der Waals surface area (Å²) in [4.78, 5) is 73.1. The van der Waals surface area contributed by atoms with Crippen LogP contribution >= 0.6 is 15.6 Å². The molecule has 0 aromatic rings. The van der Waals surface area contributed by atoms with E-state index in [0.29, 0.717) is 25.7 Å². The zero-order chi connectivity index (χ0) is 74.9. The second-order valence-corrected chi connectivity index (χ2v) is 33.7. The topological polar surface area (TPSA) is 237 Å². The van der Waals surface area contributed by atoms with Gasteiger partial charge in [-0.3, -0.25) is 37.3 Å². The van der Waals surface area contributed by atoms with Crippen LogP contribution in [-0.2, 0) is 65.4 Å². The van der Waals surface area contributed by atoms with Crippen molar-refractivity contribution in [2.24, 2.45) is 11.8 Å². The Balaban J connectivity index is 5.23. The minimum atomic E-state index is -4.96. The molecule has 17 nitrogen and oxygen atoms in total. The Hall–Kier alpha value is -1.94. The number of ether oxygens (including phenoxy) is 4. The first kappa shape index (κ1) is 100. The summed E-state index contributed by atoms with van der Waals surface area (Å²) in [5.74, 6) is -0.528. The monoisotopic (exact) mass is 1490 g/mol. The molecule has 2 unspecified atom stereocenters. The van der Waals surface area contributed by atoms with Gasteiger partial charge in [0.25, 0.3) is 0 Å². The summed E-state index contributed by atoms with van der Waals surface area (Å²) in [7, 11) is -9.92. The number of hydrogen-bond acceptors (Lipinski definition) is 15. The molecule has 0 rings (SSSR count). The van der Waals surface area contributed by atoms with Gasteiger partial charge in [0.1, 0.15) is 19.3 Å². The molecule has 0 aromatic heterocycles. The van der Waals surface area contributed by atoms with Crippen LogP contribution in [0, 0.1) is 11.8 Å². The number of hydrogen-bond donors (Lipinski definition) is 3.